The van der Waals surface area contributed by atoms with Crippen LogP contribution in [0.1, 0.15) is 30.2 Å². The van der Waals surface area contributed by atoms with Crippen molar-refractivity contribution < 1.29 is 18.7 Å². The first-order valence-corrected chi connectivity index (χ1v) is 11.6. The fourth-order valence-corrected chi connectivity index (χ4v) is 3.75. The number of hydrogen-bond donors (Lipinski definition) is 1. The lowest BCUT2D eigenvalue weighted by Crippen LogP contribution is -2.23. The molecule has 0 aliphatic heterocycles. The van der Waals surface area contributed by atoms with Gasteiger partial charge in [0.2, 0.25) is 11.8 Å². The number of halogens is 1. The second-order valence-corrected chi connectivity index (χ2v) is 8.01. The number of hydrogen-bond acceptors (Lipinski definition) is 4. The number of ether oxygens (including phenoxy) is 2. The molecule has 3 aromatic carbocycles. The molecule has 180 valence electrons. The van der Waals surface area contributed by atoms with E-state index in [0.29, 0.717) is 31.0 Å². The fourth-order valence-electron chi connectivity index (χ4n) is 3.75. The van der Waals surface area contributed by atoms with E-state index in [-0.39, 0.29) is 18.1 Å². The molecule has 0 saturated carbocycles. The van der Waals surface area contributed by atoms with Crippen molar-refractivity contribution in [1.29, 1.82) is 0 Å². The van der Waals surface area contributed by atoms with Gasteiger partial charge in [-0.3, -0.25) is 4.79 Å². The standard InChI is InChI=1S/C28H28FN3O3/c1-3-26-25(17-18-27(33)30-19-20-7-5-4-6-8-20)28(35-24-13-9-21(29)10-14-24)32(31-26)22-11-15-23(34-2)16-12-22/h4-16H,3,17-19H2,1-2H3,(H,30,33). The molecule has 0 unspecified atom stereocenters. The van der Waals surface area contributed by atoms with Crippen molar-refractivity contribution in [1.82, 2.24) is 15.1 Å². The van der Waals surface area contributed by atoms with Gasteiger partial charge in [-0.15, -0.1) is 0 Å². The summed E-state index contributed by atoms with van der Waals surface area (Å²) in [5.41, 5.74) is 3.52. The molecule has 4 aromatic rings. The van der Waals surface area contributed by atoms with Crippen LogP contribution in [0.3, 0.4) is 0 Å². The second kappa shape index (κ2) is 11.3. The molecule has 0 radical (unpaired) electrons. The number of amides is 1. The van der Waals surface area contributed by atoms with E-state index in [2.05, 4.69) is 5.32 Å². The van der Waals surface area contributed by atoms with E-state index in [4.69, 9.17) is 14.6 Å². The summed E-state index contributed by atoms with van der Waals surface area (Å²) in [6.45, 7) is 2.49. The number of nitrogens with one attached hydrogen (secondary N) is 1. The number of aromatic nitrogens is 2. The van der Waals surface area contributed by atoms with Gasteiger partial charge in [0.15, 0.2) is 0 Å². The minimum atomic E-state index is -0.342. The number of methoxy groups -OCH3 is 1. The van der Waals surface area contributed by atoms with Gasteiger partial charge in [-0.25, -0.2) is 9.07 Å². The van der Waals surface area contributed by atoms with Crippen molar-refractivity contribution >= 4 is 5.91 Å². The van der Waals surface area contributed by atoms with Gasteiger partial charge in [0, 0.05) is 18.5 Å². The molecule has 6 nitrogen and oxygen atoms in total. The van der Waals surface area contributed by atoms with Crippen molar-refractivity contribution in [3.63, 3.8) is 0 Å². The Labute approximate surface area is 204 Å². The van der Waals surface area contributed by atoms with Crippen LogP contribution in [0.15, 0.2) is 78.9 Å². The lowest BCUT2D eigenvalue weighted by Gasteiger charge is -2.12. The van der Waals surface area contributed by atoms with Crippen molar-refractivity contribution in [3.05, 3.63) is 102 Å². The highest BCUT2D eigenvalue weighted by Gasteiger charge is 2.21. The molecule has 1 aromatic heterocycles. The van der Waals surface area contributed by atoms with Crippen LogP contribution >= 0.6 is 0 Å². The van der Waals surface area contributed by atoms with Gasteiger partial charge < -0.3 is 14.8 Å². The molecule has 0 bridgehead atoms. The Kier molecular flexibility index (Phi) is 7.77. The molecule has 0 aliphatic rings. The maximum Gasteiger partial charge on any atom is 0.226 e. The molecule has 1 N–H and O–H groups in total. The second-order valence-electron chi connectivity index (χ2n) is 8.01. The third kappa shape index (κ3) is 6.06. The Morgan fingerprint density at radius 1 is 0.971 bits per heavy atom. The number of carbonyl (C=O) groups is 1. The molecule has 35 heavy (non-hydrogen) atoms. The van der Waals surface area contributed by atoms with Crippen LogP contribution in [-0.2, 0) is 24.2 Å². The number of aryl methyl sites for hydroxylation is 1. The van der Waals surface area contributed by atoms with E-state index in [9.17, 15) is 9.18 Å². The summed E-state index contributed by atoms with van der Waals surface area (Å²) in [4.78, 5) is 12.6. The van der Waals surface area contributed by atoms with Gasteiger partial charge in [0.25, 0.3) is 0 Å². The van der Waals surface area contributed by atoms with Gasteiger partial charge in [-0.05, 0) is 66.9 Å². The van der Waals surface area contributed by atoms with Crippen molar-refractivity contribution in [2.24, 2.45) is 0 Å². The van der Waals surface area contributed by atoms with Gasteiger partial charge in [0.05, 0.1) is 18.5 Å². The third-order valence-corrected chi connectivity index (χ3v) is 5.63. The van der Waals surface area contributed by atoms with Crippen LogP contribution in [0.2, 0.25) is 0 Å². The molecule has 0 aliphatic carbocycles. The first-order chi connectivity index (χ1) is 17.1. The average Bonchev–Trinajstić information content (AvgIpc) is 3.25. The molecule has 0 fully saturated rings. The van der Waals surface area contributed by atoms with Crippen LogP contribution in [-0.4, -0.2) is 22.8 Å². The Morgan fingerprint density at radius 2 is 1.66 bits per heavy atom. The number of nitrogens with zero attached hydrogens (tertiary/aromatic N) is 2. The third-order valence-electron chi connectivity index (χ3n) is 5.63. The highest BCUT2D eigenvalue weighted by atomic mass is 19.1. The molecule has 1 amide bonds. The quantitative estimate of drug-likeness (QED) is 0.325. The van der Waals surface area contributed by atoms with Gasteiger partial charge in [0.1, 0.15) is 17.3 Å². The number of rotatable bonds is 10. The van der Waals surface area contributed by atoms with Crippen molar-refractivity contribution in [2.45, 2.75) is 32.7 Å². The summed E-state index contributed by atoms with van der Waals surface area (Å²) in [6.07, 6.45) is 1.41. The fraction of sp³-hybridized carbons (Fsp3) is 0.214. The normalized spacial score (nSPS) is 10.7. The molecule has 7 heteroatoms. The molecule has 4 rings (SSSR count). The maximum atomic E-state index is 13.5. The van der Waals surface area contributed by atoms with Crippen molar-refractivity contribution in [3.8, 4) is 23.1 Å². The molecule has 0 saturated heterocycles. The van der Waals surface area contributed by atoms with E-state index >= 15 is 0 Å². The Morgan fingerprint density at radius 3 is 2.31 bits per heavy atom. The van der Waals surface area contributed by atoms with Gasteiger partial charge in [-0.1, -0.05) is 37.3 Å². The van der Waals surface area contributed by atoms with E-state index in [1.165, 1.54) is 12.1 Å². The highest BCUT2D eigenvalue weighted by Crippen LogP contribution is 2.32. The minimum Gasteiger partial charge on any atom is -0.497 e. The summed E-state index contributed by atoms with van der Waals surface area (Å²) >= 11 is 0. The van der Waals surface area contributed by atoms with Crippen LogP contribution in [0, 0.1) is 5.82 Å². The zero-order valence-electron chi connectivity index (χ0n) is 19.8. The average molecular weight is 474 g/mol. The Hall–Kier alpha value is -4.13. The van der Waals surface area contributed by atoms with Crippen molar-refractivity contribution in [2.75, 3.05) is 7.11 Å². The van der Waals surface area contributed by atoms with E-state index in [1.54, 1.807) is 23.9 Å². The lowest BCUT2D eigenvalue weighted by atomic mass is 10.1. The largest absolute Gasteiger partial charge is 0.497 e. The summed E-state index contributed by atoms with van der Waals surface area (Å²) in [5.74, 6) is 1.33. The van der Waals surface area contributed by atoms with E-state index < -0.39 is 0 Å². The minimum absolute atomic E-state index is 0.0548. The number of benzene rings is 3. The van der Waals surface area contributed by atoms with E-state index in [1.807, 2.05) is 61.5 Å². The topological polar surface area (TPSA) is 65.4 Å². The monoisotopic (exact) mass is 473 g/mol. The summed E-state index contributed by atoms with van der Waals surface area (Å²) < 4.78 is 26.7. The van der Waals surface area contributed by atoms with Gasteiger partial charge in [-0.2, -0.15) is 5.10 Å². The smallest absolute Gasteiger partial charge is 0.226 e. The van der Waals surface area contributed by atoms with Gasteiger partial charge >= 0.3 is 0 Å². The summed E-state index contributed by atoms with van der Waals surface area (Å²) in [7, 11) is 1.61. The predicted octanol–water partition coefficient (Wildman–Crippen LogP) is 5.62. The molecule has 1 heterocycles. The summed E-state index contributed by atoms with van der Waals surface area (Å²) in [5, 5.41) is 7.76. The van der Waals surface area contributed by atoms with Crippen LogP contribution in [0.25, 0.3) is 5.69 Å². The zero-order chi connectivity index (χ0) is 24.6. The summed E-state index contributed by atoms with van der Waals surface area (Å²) in [6, 6.07) is 23.1. The molecular formula is C28H28FN3O3. The predicted molar refractivity (Wildman–Crippen MR) is 133 cm³/mol. The number of carbonyl (C=O) groups excluding carboxylic acids is 1. The Balaban J connectivity index is 1.60. The molecule has 0 spiro atoms. The first kappa shape index (κ1) is 24.0. The lowest BCUT2D eigenvalue weighted by molar-refractivity contribution is -0.121. The maximum absolute atomic E-state index is 13.5. The SMILES string of the molecule is CCc1nn(-c2ccc(OC)cc2)c(Oc2ccc(F)cc2)c1CCC(=O)NCc1ccccc1. The molecular weight excluding hydrogens is 445 g/mol. The Bertz CT molecular complexity index is 1250. The van der Waals surface area contributed by atoms with E-state index in [0.717, 1.165) is 28.3 Å². The van der Waals surface area contributed by atoms with Crippen LogP contribution in [0.5, 0.6) is 17.4 Å². The first-order valence-electron chi connectivity index (χ1n) is 11.6. The zero-order valence-corrected chi connectivity index (χ0v) is 19.8. The molecule has 0 atom stereocenters. The van der Waals surface area contributed by atoms with Crippen LogP contribution < -0.4 is 14.8 Å². The van der Waals surface area contributed by atoms with Crippen LogP contribution in [0.4, 0.5) is 4.39 Å². The highest BCUT2D eigenvalue weighted by molar-refractivity contribution is 5.76.